The zero-order valence-corrected chi connectivity index (χ0v) is 13.4. The van der Waals surface area contributed by atoms with Crippen LogP contribution in [0.15, 0.2) is 24.7 Å². The molecule has 0 aliphatic carbocycles. The Labute approximate surface area is 126 Å². The third-order valence-corrected chi connectivity index (χ3v) is 3.41. The summed E-state index contributed by atoms with van der Waals surface area (Å²) in [6.07, 6.45) is 4.42. The van der Waals surface area contributed by atoms with E-state index in [9.17, 15) is 0 Å². The molecule has 0 spiro atoms. The van der Waals surface area contributed by atoms with Gasteiger partial charge in [-0.1, -0.05) is 26.8 Å². The van der Waals surface area contributed by atoms with Crippen LogP contribution in [0.1, 0.15) is 43.9 Å². The van der Waals surface area contributed by atoms with Gasteiger partial charge < -0.3 is 5.32 Å². The van der Waals surface area contributed by atoms with Crippen molar-refractivity contribution in [1.29, 1.82) is 0 Å². The van der Waals surface area contributed by atoms with E-state index in [0.717, 1.165) is 31.0 Å². The maximum absolute atomic E-state index is 4.43. The molecule has 0 aliphatic rings. The Morgan fingerprint density at radius 2 is 2.05 bits per heavy atom. The van der Waals surface area contributed by atoms with Crippen LogP contribution in [0.25, 0.3) is 0 Å². The lowest BCUT2D eigenvalue weighted by molar-refractivity contribution is 0.446. The fourth-order valence-corrected chi connectivity index (χ4v) is 2.37. The Hall–Kier alpha value is -1.75. The minimum Gasteiger partial charge on any atom is -0.310 e. The third kappa shape index (κ3) is 4.36. The van der Waals surface area contributed by atoms with Crippen LogP contribution in [-0.4, -0.2) is 26.3 Å². The number of hydrogen-bond acceptors (Lipinski definition) is 4. The summed E-state index contributed by atoms with van der Waals surface area (Å²) in [4.78, 5) is 8.83. The van der Waals surface area contributed by atoms with E-state index in [-0.39, 0.29) is 6.04 Å². The van der Waals surface area contributed by atoms with Gasteiger partial charge in [0, 0.05) is 30.9 Å². The van der Waals surface area contributed by atoms with Gasteiger partial charge in [-0.05, 0) is 31.0 Å². The molecule has 2 rings (SSSR count). The summed E-state index contributed by atoms with van der Waals surface area (Å²) < 4.78 is 2.01. The number of aromatic nitrogens is 4. The Kier molecular flexibility index (Phi) is 5.44. The number of nitrogens with zero attached hydrogens (tertiary/aromatic N) is 4. The van der Waals surface area contributed by atoms with E-state index >= 15 is 0 Å². The number of hydrogen-bond donors (Lipinski definition) is 1. The molecule has 5 heteroatoms. The first-order valence-corrected chi connectivity index (χ1v) is 7.62. The summed E-state index contributed by atoms with van der Waals surface area (Å²) in [5.41, 5.74) is 2.23. The monoisotopic (exact) mass is 287 g/mol. The van der Waals surface area contributed by atoms with Gasteiger partial charge in [-0.3, -0.25) is 4.98 Å². The second kappa shape index (κ2) is 7.31. The van der Waals surface area contributed by atoms with E-state index in [4.69, 9.17) is 0 Å². The molecule has 1 N–H and O–H groups in total. The number of nitrogens with one attached hydrogen (secondary N) is 1. The lowest BCUT2D eigenvalue weighted by Gasteiger charge is -2.18. The Balaban J connectivity index is 2.16. The topological polar surface area (TPSA) is 55.6 Å². The van der Waals surface area contributed by atoms with Gasteiger partial charge in [-0.2, -0.15) is 5.10 Å². The number of aryl methyl sites for hydroxylation is 1. The fourth-order valence-electron chi connectivity index (χ4n) is 2.37. The molecule has 114 valence electrons. The van der Waals surface area contributed by atoms with Crippen molar-refractivity contribution in [3.05, 3.63) is 41.7 Å². The summed E-state index contributed by atoms with van der Waals surface area (Å²) in [6, 6.07) is 4.41. The third-order valence-electron chi connectivity index (χ3n) is 3.41. The van der Waals surface area contributed by atoms with Crippen molar-refractivity contribution in [2.24, 2.45) is 5.92 Å². The maximum atomic E-state index is 4.43. The average Bonchev–Trinajstić information content (AvgIpc) is 2.86. The van der Waals surface area contributed by atoms with Gasteiger partial charge in [0.25, 0.3) is 0 Å². The normalized spacial score (nSPS) is 12.8. The van der Waals surface area contributed by atoms with Crippen LogP contribution in [0.4, 0.5) is 0 Å². The number of rotatable bonds is 7. The molecule has 1 atom stereocenters. The molecule has 0 radical (unpaired) electrons. The average molecular weight is 287 g/mol. The van der Waals surface area contributed by atoms with Crippen molar-refractivity contribution >= 4 is 0 Å². The van der Waals surface area contributed by atoms with Crippen LogP contribution >= 0.6 is 0 Å². The first kappa shape index (κ1) is 15.6. The molecule has 1 unspecified atom stereocenters. The predicted molar refractivity (Wildman–Crippen MR) is 84.0 cm³/mol. The molecule has 0 amide bonds. The molecule has 0 saturated heterocycles. The second-order valence-electron chi connectivity index (χ2n) is 5.80. The van der Waals surface area contributed by atoms with E-state index in [1.54, 1.807) is 6.33 Å². The van der Waals surface area contributed by atoms with Crippen molar-refractivity contribution in [3.8, 4) is 0 Å². The highest BCUT2D eigenvalue weighted by molar-refractivity contribution is 5.18. The first-order chi connectivity index (χ1) is 10.1. The van der Waals surface area contributed by atoms with E-state index in [0.29, 0.717) is 5.92 Å². The molecule has 0 saturated carbocycles. The van der Waals surface area contributed by atoms with E-state index in [1.165, 1.54) is 5.56 Å². The van der Waals surface area contributed by atoms with Crippen LogP contribution in [-0.2, 0) is 13.0 Å². The minimum atomic E-state index is 0.221. The molecule has 0 bridgehead atoms. The van der Waals surface area contributed by atoms with E-state index < -0.39 is 0 Å². The number of likely N-dealkylation sites (N-methyl/N-ethyl adjacent to an activating group) is 1. The van der Waals surface area contributed by atoms with Gasteiger partial charge in [0.2, 0.25) is 0 Å². The van der Waals surface area contributed by atoms with Crippen molar-refractivity contribution in [2.45, 2.75) is 46.7 Å². The number of pyridine rings is 1. The van der Waals surface area contributed by atoms with Crippen LogP contribution in [0, 0.1) is 12.8 Å². The molecule has 0 aliphatic heterocycles. The molecular formula is C16H25N5. The van der Waals surface area contributed by atoms with Gasteiger partial charge in [0.05, 0.1) is 0 Å². The van der Waals surface area contributed by atoms with Gasteiger partial charge in [0.1, 0.15) is 12.2 Å². The Morgan fingerprint density at radius 1 is 1.24 bits per heavy atom. The van der Waals surface area contributed by atoms with Crippen LogP contribution in [0.3, 0.4) is 0 Å². The van der Waals surface area contributed by atoms with Crippen molar-refractivity contribution in [3.63, 3.8) is 0 Å². The summed E-state index contributed by atoms with van der Waals surface area (Å²) in [6.45, 7) is 10.3. The van der Waals surface area contributed by atoms with Crippen LogP contribution in [0.5, 0.6) is 0 Å². The summed E-state index contributed by atoms with van der Waals surface area (Å²) in [7, 11) is 0. The standard InChI is InChI=1S/C16H25N5/c1-5-17-15(14-7-6-13(4)18-9-14)8-16-19-11-20-21(16)10-12(2)3/h6-7,9,11-12,15,17H,5,8,10H2,1-4H3. The van der Waals surface area contributed by atoms with Crippen molar-refractivity contribution < 1.29 is 0 Å². The first-order valence-electron chi connectivity index (χ1n) is 7.62. The SMILES string of the molecule is CCNC(Cc1ncnn1CC(C)C)c1ccc(C)nc1. The Bertz CT molecular complexity index is 544. The van der Waals surface area contributed by atoms with Gasteiger partial charge in [0.15, 0.2) is 0 Å². The zero-order chi connectivity index (χ0) is 15.2. The lowest BCUT2D eigenvalue weighted by atomic mass is 10.0. The molecule has 5 nitrogen and oxygen atoms in total. The molecular weight excluding hydrogens is 262 g/mol. The highest BCUT2D eigenvalue weighted by atomic mass is 15.3. The summed E-state index contributed by atoms with van der Waals surface area (Å²) >= 11 is 0. The minimum absolute atomic E-state index is 0.221. The van der Waals surface area contributed by atoms with Crippen molar-refractivity contribution in [1.82, 2.24) is 25.1 Å². The molecule has 2 aromatic rings. The Morgan fingerprint density at radius 3 is 2.67 bits per heavy atom. The summed E-state index contributed by atoms with van der Waals surface area (Å²) in [5, 5.41) is 7.86. The molecule has 2 aromatic heterocycles. The van der Waals surface area contributed by atoms with Crippen LogP contribution < -0.4 is 5.32 Å². The van der Waals surface area contributed by atoms with Gasteiger partial charge in [-0.15, -0.1) is 0 Å². The fraction of sp³-hybridized carbons (Fsp3) is 0.562. The van der Waals surface area contributed by atoms with Crippen molar-refractivity contribution in [2.75, 3.05) is 6.54 Å². The largest absolute Gasteiger partial charge is 0.310 e. The molecule has 21 heavy (non-hydrogen) atoms. The highest BCUT2D eigenvalue weighted by Gasteiger charge is 2.16. The highest BCUT2D eigenvalue weighted by Crippen LogP contribution is 2.17. The summed E-state index contributed by atoms with van der Waals surface area (Å²) in [5.74, 6) is 1.58. The molecule has 0 aromatic carbocycles. The van der Waals surface area contributed by atoms with Gasteiger partial charge in [-0.25, -0.2) is 9.67 Å². The van der Waals surface area contributed by atoms with E-state index in [2.05, 4.69) is 53.3 Å². The lowest BCUT2D eigenvalue weighted by Crippen LogP contribution is -2.25. The van der Waals surface area contributed by atoms with E-state index in [1.807, 2.05) is 17.8 Å². The van der Waals surface area contributed by atoms with Gasteiger partial charge >= 0.3 is 0 Å². The molecule has 2 heterocycles. The van der Waals surface area contributed by atoms with Crippen LogP contribution in [0.2, 0.25) is 0 Å². The smallest absolute Gasteiger partial charge is 0.138 e. The predicted octanol–water partition coefficient (Wildman–Crippen LogP) is 2.53. The quantitative estimate of drug-likeness (QED) is 0.850. The second-order valence-corrected chi connectivity index (χ2v) is 5.80. The zero-order valence-electron chi connectivity index (χ0n) is 13.4. The maximum Gasteiger partial charge on any atom is 0.138 e. The molecule has 0 fully saturated rings.